The molecule has 1 aromatic heterocycles. The minimum atomic E-state index is 0.737. The Morgan fingerprint density at radius 1 is 1.12 bits per heavy atom. The second kappa shape index (κ2) is 4.57. The molecule has 4 nitrogen and oxygen atoms in total. The first-order valence-corrected chi connectivity index (χ1v) is 5.47. The van der Waals surface area contributed by atoms with Crippen LogP contribution in [0.3, 0.4) is 0 Å². The summed E-state index contributed by atoms with van der Waals surface area (Å²) < 4.78 is 12.9. The molecule has 0 saturated carbocycles. The summed E-state index contributed by atoms with van der Waals surface area (Å²) in [6.07, 6.45) is 1.86. The van der Waals surface area contributed by atoms with E-state index in [9.17, 15) is 0 Å². The van der Waals surface area contributed by atoms with Crippen molar-refractivity contribution in [2.45, 2.75) is 0 Å². The lowest BCUT2D eigenvalue weighted by atomic mass is 10.3. The van der Waals surface area contributed by atoms with Gasteiger partial charge in [-0.05, 0) is 22.0 Å². The lowest BCUT2D eigenvalue weighted by Gasteiger charge is -2.08. The van der Waals surface area contributed by atoms with Gasteiger partial charge in [-0.25, -0.2) is 4.68 Å². The third-order valence-corrected chi connectivity index (χ3v) is 2.58. The SMILES string of the molecule is COc1cc(OC)cc(-n2ccc(Br)n2)c1. The van der Waals surface area contributed by atoms with E-state index in [1.165, 1.54) is 0 Å². The Morgan fingerprint density at radius 3 is 2.19 bits per heavy atom. The fourth-order valence-electron chi connectivity index (χ4n) is 1.37. The van der Waals surface area contributed by atoms with Crippen molar-refractivity contribution in [2.24, 2.45) is 0 Å². The van der Waals surface area contributed by atoms with E-state index in [1.807, 2.05) is 30.5 Å². The molecule has 0 aliphatic carbocycles. The van der Waals surface area contributed by atoms with Gasteiger partial charge in [-0.1, -0.05) is 0 Å². The number of nitrogens with zero attached hydrogens (tertiary/aromatic N) is 2. The molecule has 84 valence electrons. The summed E-state index contributed by atoms with van der Waals surface area (Å²) in [6, 6.07) is 7.47. The van der Waals surface area contributed by atoms with Crippen molar-refractivity contribution < 1.29 is 9.47 Å². The van der Waals surface area contributed by atoms with E-state index in [-0.39, 0.29) is 0 Å². The Hall–Kier alpha value is -1.49. The number of aromatic nitrogens is 2. The quantitative estimate of drug-likeness (QED) is 0.868. The first-order chi connectivity index (χ1) is 7.72. The van der Waals surface area contributed by atoms with Gasteiger partial charge >= 0.3 is 0 Å². The fraction of sp³-hybridized carbons (Fsp3) is 0.182. The van der Waals surface area contributed by atoms with Crippen LogP contribution in [0.25, 0.3) is 5.69 Å². The first kappa shape index (κ1) is 11.0. The molecular weight excluding hydrogens is 272 g/mol. The molecule has 0 radical (unpaired) electrons. The maximum atomic E-state index is 5.19. The normalized spacial score (nSPS) is 10.2. The van der Waals surface area contributed by atoms with Crippen LogP contribution >= 0.6 is 15.9 Å². The smallest absolute Gasteiger partial charge is 0.128 e. The standard InChI is InChI=1S/C11H11BrN2O2/c1-15-9-5-8(6-10(7-9)16-2)14-4-3-11(12)13-14/h3-7H,1-2H3. The van der Waals surface area contributed by atoms with Gasteiger partial charge in [-0.15, -0.1) is 0 Å². The van der Waals surface area contributed by atoms with Crippen molar-refractivity contribution in [2.75, 3.05) is 14.2 Å². The zero-order valence-corrected chi connectivity index (χ0v) is 10.6. The Balaban J connectivity index is 2.47. The van der Waals surface area contributed by atoms with Crippen LogP contribution in [-0.4, -0.2) is 24.0 Å². The van der Waals surface area contributed by atoms with Gasteiger partial charge in [0.25, 0.3) is 0 Å². The van der Waals surface area contributed by atoms with E-state index in [0.29, 0.717) is 0 Å². The zero-order valence-electron chi connectivity index (χ0n) is 8.98. The summed E-state index contributed by atoms with van der Waals surface area (Å²) in [5, 5.41) is 4.25. The third-order valence-electron chi connectivity index (χ3n) is 2.16. The minimum Gasteiger partial charge on any atom is -0.497 e. The predicted molar refractivity (Wildman–Crippen MR) is 64.4 cm³/mol. The molecule has 0 fully saturated rings. The van der Waals surface area contributed by atoms with Crippen molar-refractivity contribution >= 4 is 15.9 Å². The second-order valence-electron chi connectivity index (χ2n) is 3.15. The molecule has 0 aliphatic rings. The van der Waals surface area contributed by atoms with Crippen LogP contribution in [0.5, 0.6) is 11.5 Å². The summed E-state index contributed by atoms with van der Waals surface area (Å²) in [5.41, 5.74) is 0.891. The number of benzene rings is 1. The molecule has 0 unspecified atom stereocenters. The molecule has 0 amide bonds. The van der Waals surface area contributed by atoms with Crippen molar-refractivity contribution in [3.8, 4) is 17.2 Å². The van der Waals surface area contributed by atoms with Gasteiger partial charge in [0, 0.05) is 24.4 Å². The highest BCUT2D eigenvalue weighted by atomic mass is 79.9. The van der Waals surface area contributed by atoms with Crippen LogP contribution in [0, 0.1) is 0 Å². The summed E-state index contributed by atoms with van der Waals surface area (Å²) in [4.78, 5) is 0. The monoisotopic (exact) mass is 282 g/mol. The van der Waals surface area contributed by atoms with Gasteiger partial charge < -0.3 is 9.47 Å². The molecule has 16 heavy (non-hydrogen) atoms. The van der Waals surface area contributed by atoms with Crippen molar-refractivity contribution in [1.29, 1.82) is 0 Å². The van der Waals surface area contributed by atoms with E-state index in [4.69, 9.17) is 9.47 Å². The highest BCUT2D eigenvalue weighted by molar-refractivity contribution is 9.10. The van der Waals surface area contributed by atoms with Gasteiger partial charge in [0.1, 0.15) is 16.1 Å². The molecule has 0 atom stereocenters. The molecule has 2 aromatic rings. The summed E-state index contributed by atoms with van der Waals surface area (Å²) in [7, 11) is 3.25. The summed E-state index contributed by atoms with van der Waals surface area (Å²) in [5.74, 6) is 1.47. The maximum Gasteiger partial charge on any atom is 0.128 e. The summed E-state index contributed by atoms with van der Waals surface area (Å²) in [6.45, 7) is 0. The number of ether oxygens (including phenoxy) is 2. The van der Waals surface area contributed by atoms with Gasteiger partial charge in [-0.2, -0.15) is 5.10 Å². The van der Waals surface area contributed by atoms with Crippen LogP contribution in [0.15, 0.2) is 35.1 Å². The second-order valence-corrected chi connectivity index (χ2v) is 3.97. The van der Waals surface area contributed by atoms with Crippen LogP contribution in [0.4, 0.5) is 0 Å². The lowest BCUT2D eigenvalue weighted by molar-refractivity contribution is 0.394. The number of hydrogen-bond donors (Lipinski definition) is 0. The molecule has 5 heteroatoms. The first-order valence-electron chi connectivity index (χ1n) is 4.67. The fourth-order valence-corrected chi connectivity index (χ4v) is 1.66. The molecule has 0 saturated heterocycles. The molecule has 2 rings (SSSR count). The van der Waals surface area contributed by atoms with Gasteiger partial charge in [0.2, 0.25) is 0 Å². The third kappa shape index (κ3) is 2.19. The molecule has 0 spiro atoms. The topological polar surface area (TPSA) is 36.3 Å². The van der Waals surface area contributed by atoms with E-state index < -0.39 is 0 Å². The highest BCUT2D eigenvalue weighted by Gasteiger charge is 2.04. The molecule has 1 aromatic carbocycles. The van der Waals surface area contributed by atoms with Crippen molar-refractivity contribution in [1.82, 2.24) is 9.78 Å². The van der Waals surface area contributed by atoms with Gasteiger partial charge in [0.05, 0.1) is 19.9 Å². The molecule has 1 heterocycles. The number of halogens is 1. The molecular formula is C11H11BrN2O2. The summed E-state index contributed by atoms with van der Waals surface area (Å²) >= 11 is 3.31. The Bertz CT molecular complexity index is 474. The van der Waals surface area contributed by atoms with E-state index in [0.717, 1.165) is 21.8 Å². The zero-order chi connectivity index (χ0) is 11.5. The number of rotatable bonds is 3. The average Bonchev–Trinajstić information content (AvgIpc) is 2.75. The lowest BCUT2D eigenvalue weighted by Crippen LogP contribution is -1.96. The van der Waals surface area contributed by atoms with E-state index in [2.05, 4.69) is 21.0 Å². The number of methoxy groups -OCH3 is 2. The van der Waals surface area contributed by atoms with Crippen LogP contribution in [-0.2, 0) is 0 Å². The van der Waals surface area contributed by atoms with Crippen molar-refractivity contribution in [3.63, 3.8) is 0 Å². The number of hydrogen-bond acceptors (Lipinski definition) is 3. The molecule has 0 N–H and O–H groups in total. The highest BCUT2D eigenvalue weighted by Crippen LogP contribution is 2.24. The average molecular weight is 283 g/mol. The largest absolute Gasteiger partial charge is 0.497 e. The Morgan fingerprint density at radius 2 is 1.75 bits per heavy atom. The van der Waals surface area contributed by atoms with Gasteiger partial charge in [0.15, 0.2) is 0 Å². The maximum absolute atomic E-state index is 5.19. The van der Waals surface area contributed by atoms with E-state index >= 15 is 0 Å². The molecule has 0 bridgehead atoms. The molecule has 0 aliphatic heterocycles. The van der Waals surface area contributed by atoms with Crippen LogP contribution in [0.1, 0.15) is 0 Å². The van der Waals surface area contributed by atoms with E-state index in [1.54, 1.807) is 18.9 Å². The Labute approximate surface area is 102 Å². The Kier molecular flexibility index (Phi) is 3.14. The predicted octanol–water partition coefficient (Wildman–Crippen LogP) is 2.65. The van der Waals surface area contributed by atoms with Crippen LogP contribution in [0.2, 0.25) is 0 Å². The van der Waals surface area contributed by atoms with Crippen LogP contribution < -0.4 is 9.47 Å². The van der Waals surface area contributed by atoms with Crippen molar-refractivity contribution in [3.05, 3.63) is 35.1 Å². The van der Waals surface area contributed by atoms with Gasteiger partial charge in [-0.3, -0.25) is 0 Å². The minimum absolute atomic E-state index is 0.737.